The molecule has 2 atom stereocenters. The van der Waals surface area contributed by atoms with E-state index in [0.29, 0.717) is 12.1 Å². The number of pyridine rings is 1. The summed E-state index contributed by atoms with van der Waals surface area (Å²) in [5.41, 5.74) is 1.33. The fourth-order valence-electron chi connectivity index (χ4n) is 2.59. The van der Waals surface area contributed by atoms with E-state index in [2.05, 4.69) is 53.4 Å². The Morgan fingerprint density at radius 2 is 2.12 bits per heavy atom. The van der Waals surface area contributed by atoms with Gasteiger partial charge in [-0.15, -0.1) is 0 Å². The number of likely N-dealkylation sites (N-methyl/N-ethyl adjacent to an activating group) is 2. The van der Waals surface area contributed by atoms with Gasteiger partial charge in [0.1, 0.15) is 0 Å². The maximum atomic E-state index is 4.10. The topological polar surface area (TPSA) is 31.4 Å². The molecule has 17 heavy (non-hydrogen) atoms. The molecule has 0 bridgehead atoms. The van der Waals surface area contributed by atoms with Crippen LogP contribution in [0.2, 0.25) is 0 Å². The molecule has 0 amide bonds. The summed E-state index contributed by atoms with van der Waals surface area (Å²) in [6, 6.07) is 5.11. The van der Waals surface area contributed by atoms with Gasteiger partial charge in [-0.1, -0.05) is 0 Å². The van der Waals surface area contributed by atoms with Crippen LogP contribution in [0.3, 0.4) is 0 Å². The summed E-state index contributed by atoms with van der Waals surface area (Å²) in [4.78, 5) is 8.77. The van der Waals surface area contributed by atoms with Crippen LogP contribution < -0.4 is 5.32 Å². The van der Waals surface area contributed by atoms with Gasteiger partial charge < -0.3 is 15.1 Å². The summed E-state index contributed by atoms with van der Waals surface area (Å²) < 4.78 is 0. The molecule has 2 heterocycles. The SMILES string of the molecule is CN1CCNC(C(c2ccncc2)N(C)C)C1. The lowest BCUT2D eigenvalue weighted by molar-refractivity contribution is 0.154. The average molecular weight is 234 g/mol. The van der Waals surface area contributed by atoms with E-state index in [4.69, 9.17) is 0 Å². The second kappa shape index (κ2) is 5.58. The molecule has 94 valence electrons. The van der Waals surface area contributed by atoms with Crippen LogP contribution in [-0.4, -0.2) is 61.6 Å². The quantitative estimate of drug-likeness (QED) is 0.829. The van der Waals surface area contributed by atoms with E-state index >= 15 is 0 Å². The predicted molar refractivity (Wildman–Crippen MR) is 70.0 cm³/mol. The Hall–Kier alpha value is -0.970. The molecule has 1 aromatic heterocycles. The van der Waals surface area contributed by atoms with Crippen molar-refractivity contribution in [2.45, 2.75) is 12.1 Å². The van der Waals surface area contributed by atoms with Crippen molar-refractivity contribution in [2.24, 2.45) is 0 Å². The first-order chi connectivity index (χ1) is 8.18. The first-order valence-electron chi connectivity index (χ1n) is 6.17. The minimum Gasteiger partial charge on any atom is -0.310 e. The summed E-state index contributed by atoms with van der Waals surface area (Å²) >= 11 is 0. The zero-order chi connectivity index (χ0) is 12.3. The lowest BCUT2D eigenvalue weighted by Gasteiger charge is -2.39. The molecule has 0 spiro atoms. The average Bonchev–Trinajstić information content (AvgIpc) is 2.30. The van der Waals surface area contributed by atoms with Crippen LogP contribution in [0.5, 0.6) is 0 Å². The molecule has 1 aliphatic rings. The number of rotatable bonds is 3. The molecule has 2 rings (SSSR count). The Kier molecular flexibility index (Phi) is 4.10. The summed E-state index contributed by atoms with van der Waals surface area (Å²) in [7, 11) is 6.47. The van der Waals surface area contributed by atoms with E-state index in [1.807, 2.05) is 12.4 Å². The van der Waals surface area contributed by atoms with E-state index in [-0.39, 0.29) is 0 Å². The van der Waals surface area contributed by atoms with Crippen molar-refractivity contribution in [1.29, 1.82) is 0 Å². The highest BCUT2D eigenvalue weighted by molar-refractivity contribution is 5.18. The number of aromatic nitrogens is 1. The third-order valence-electron chi connectivity index (χ3n) is 3.39. The lowest BCUT2D eigenvalue weighted by Crippen LogP contribution is -2.54. The van der Waals surface area contributed by atoms with Crippen molar-refractivity contribution in [2.75, 3.05) is 40.8 Å². The number of nitrogens with one attached hydrogen (secondary N) is 1. The van der Waals surface area contributed by atoms with E-state index in [1.165, 1.54) is 5.56 Å². The van der Waals surface area contributed by atoms with Crippen molar-refractivity contribution in [3.8, 4) is 0 Å². The van der Waals surface area contributed by atoms with E-state index < -0.39 is 0 Å². The second-order valence-electron chi connectivity index (χ2n) is 5.01. The highest BCUT2D eigenvalue weighted by Gasteiger charge is 2.28. The predicted octanol–water partition coefficient (Wildman–Crippen LogP) is 0.588. The first kappa shape index (κ1) is 12.5. The Labute approximate surface area is 104 Å². The molecule has 2 unspecified atom stereocenters. The van der Waals surface area contributed by atoms with Gasteiger partial charge in [0.2, 0.25) is 0 Å². The Morgan fingerprint density at radius 1 is 1.41 bits per heavy atom. The summed E-state index contributed by atoms with van der Waals surface area (Å²) in [5, 5.41) is 3.63. The number of piperazine rings is 1. The molecule has 0 saturated carbocycles. The van der Waals surface area contributed by atoms with Crippen LogP contribution in [0, 0.1) is 0 Å². The molecule has 1 aliphatic heterocycles. The normalized spacial score (nSPS) is 23.9. The fourth-order valence-corrected chi connectivity index (χ4v) is 2.59. The molecule has 1 fully saturated rings. The van der Waals surface area contributed by atoms with Crippen molar-refractivity contribution < 1.29 is 0 Å². The minimum atomic E-state index is 0.403. The van der Waals surface area contributed by atoms with Crippen LogP contribution in [-0.2, 0) is 0 Å². The molecule has 4 nitrogen and oxygen atoms in total. The van der Waals surface area contributed by atoms with Crippen LogP contribution in [0.25, 0.3) is 0 Å². The largest absolute Gasteiger partial charge is 0.310 e. The van der Waals surface area contributed by atoms with Gasteiger partial charge in [0.25, 0.3) is 0 Å². The molecule has 1 saturated heterocycles. The number of hydrogen-bond donors (Lipinski definition) is 1. The maximum absolute atomic E-state index is 4.10. The van der Waals surface area contributed by atoms with Gasteiger partial charge in [-0.3, -0.25) is 4.98 Å². The monoisotopic (exact) mass is 234 g/mol. The Bertz CT molecular complexity index is 339. The minimum absolute atomic E-state index is 0.403. The van der Waals surface area contributed by atoms with Gasteiger partial charge in [0, 0.05) is 38.1 Å². The molecule has 0 radical (unpaired) electrons. The van der Waals surface area contributed by atoms with Crippen LogP contribution in [0.15, 0.2) is 24.5 Å². The molecule has 4 heteroatoms. The molecule has 1 N–H and O–H groups in total. The zero-order valence-electron chi connectivity index (χ0n) is 10.9. The van der Waals surface area contributed by atoms with Crippen LogP contribution >= 0.6 is 0 Å². The van der Waals surface area contributed by atoms with Crippen molar-refractivity contribution in [3.05, 3.63) is 30.1 Å². The lowest BCUT2D eigenvalue weighted by atomic mass is 9.97. The Morgan fingerprint density at radius 3 is 2.71 bits per heavy atom. The second-order valence-corrected chi connectivity index (χ2v) is 5.01. The molecule has 0 aromatic carbocycles. The van der Waals surface area contributed by atoms with Gasteiger partial charge in [0.05, 0.1) is 6.04 Å². The van der Waals surface area contributed by atoms with Crippen molar-refractivity contribution in [1.82, 2.24) is 20.1 Å². The van der Waals surface area contributed by atoms with Gasteiger partial charge in [0.15, 0.2) is 0 Å². The number of nitrogens with zero attached hydrogens (tertiary/aromatic N) is 3. The standard InChI is InChI=1S/C13H22N4/c1-16(2)13(11-4-6-14-7-5-11)12-10-17(3)9-8-15-12/h4-7,12-13,15H,8-10H2,1-3H3. The fraction of sp³-hybridized carbons (Fsp3) is 0.615. The highest BCUT2D eigenvalue weighted by Crippen LogP contribution is 2.23. The van der Waals surface area contributed by atoms with Crippen molar-refractivity contribution >= 4 is 0 Å². The third kappa shape index (κ3) is 3.03. The summed E-state index contributed by atoms with van der Waals surface area (Å²) in [6.07, 6.45) is 3.75. The highest BCUT2D eigenvalue weighted by atomic mass is 15.2. The number of hydrogen-bond acceptors (Lipinski definition) is 4. The Balaban J connectivity index is 2.17. The van der Waals surface area contributed by atoms with Gasteiger partial charge in [-0.25, -0.2) is 0 Å². The van der Waals surface area contributed by atoms with Crippen molar-refractivity contribution in [3.63, 3.8) is 0 Å². The smallest absolute Gasteiger partial charge is 0.0509 e. The van der Waals surface area contributed by atoms with Gasteiger partial charge in [-0.05, 0) is 38.8 Å². The third-order valence-corrected chi connectivity index (χ3v) is 3.39. The molecule has 0 aliphatic carbocycles. The van der Waals surface area contributed by atoms with E-state index in [0.717, 1.165) is 19.6 Å². The van der Waals surface area contributed by atoms with Gasteiger partial charge in [-0.2, -0.15) is 0 Å². The first-order valence-corrected chi connectivity index (χ1v) is 6.17. The summed E-state index contributed by atoms with van der Waals surface area (Å²) in [6.45, 7) is 3.29. The van der Waals surface area contributed by atoms with E-state index in [1.54, 1.807) is 0 Å². The molecular formula is C13H22N4. The van der Waals surface area contributed by atoms with Gasteiger partial charge >= 0.3 is 0 Å². The maximum Gasteiger partial charge on any atom is 0.0509 e. The van der Waals surface area contributed by atoms with Crippen LogP contribution in [0.1, 0.15) is 11.6 Å². The molecule has 1 aromatic rings. The molecular weight excluding hydrogens is 212 g/mol. The van der Waals surface area contributed by atoms with Crippen LogP contribution in [0.4, 0.5) is 0 Å². The van der Waals surface area contributed by atoms with E-state index in [9.17, 15) is 0 Å². The summed E-state index contributed by atoms with van der Waals surface area (Å²) in [5.74, 6) is 0. The zero-order valence-corrected chi connectivity index (χ0v) is 10.9.